The second-order valence-electron chi connectivity index (χ2n) is 5.31. The predicted octanol–water partition coefficient (Wildman–Crippen LogP) is 5.35. The number of nitrogens with one attached hydrogen (secondary N) is 2. The van der Waals surface area contributed by atoms with Gasteiger partial charge in [-0.1, -0.05) is 30.1 Å². The van der Waals surface area contributed by atoms with E-state index in [0.29, 0.717) is 28.8 Å². The lowest BCUT2D eigenvalue weighted by Crippen LogP contribution is -2.10. The van der Waals surface area contributed by atoms with E-state index in [2.05, 4.69) is 10.6 Å². The summed E-state index contributed by atoms with van der Waals surface area (Å²) >= 11 is 12.2. The van der Waals surface area contributed by atoms with Crippen molar-refractivity contribution in [1.82, 2.24) is 0 Å². The number of ether oxygens (including phenoxy) is 1. The van der Waals surface area contributed by atoms with Gasteiger partial charge in [-0.3, -0.25) is 4.79 Å². The summed E-state index contributed by atoms with van der Waals surface area (Å²) in [6.45, 7) is 2.49. The minimum Gasteiger partial charge on any atom is -0.495 e. The molecule has 0 atom stereocenters. The van der Waals surface area contributed by atoms with Crippen LogP contribution in [0.25, 0.3) is 0 Å². The largest absolute Gasteiger partial charge is 0.495 e. The normalized spacial score (nSPS) is 10.3. The molecule has 6 heteroatoms. The second kappa shape index (κ2) is 8.81. The van der Waals surface area contributed by atoms with Crippen molar-refractivity contribution >= 4 is 40.5 Å². The molecule has 0 unspecified atom stereocenters. The quantitative estimate of drug-likeness (QED) is 0.693. The smallest absolute Gasteiger partial charge is 0.224 e. The van der Waals surface area contributed by atoms with Crippen molar-refractivity contribution in [3.05, 3.63) is 52.0 Å². The predicted molar refractivity (Wildman–Crippen MR) is 100 cm³/mol. The average molecular weight is 367 g/mol. The van der Waals surface area contributed by atoms with Crippen LogP contribution >= 0.6 is 23.2 Å². The lowest BCUT2D eigenvalue weighted by atomic mass is 10.2. The maximum atomic E-state index is 11.6. The maximum absolute atomic E-state index is 11.6. The van der Waals surface area contributed by atoms with Crippen molar-refractivity contribution in [2.45, 2.75) is 26.3 Å². The topological polar surface area (TPSA) is 50.4 Å². The molecule has 0 aromatic heterocycles. The summed E-state index contributed by atoms with van der Waals surface area (Å²) in [4.78, 5) is 11.6. The second-order valence-corrected chi connectivity index (χ2v) is 6.15. The Kier molecular flexibility index (Phi) is 6.76. The summed E-state index contributed by atoms with van der Waals surface area (Å²) < 4.78 is 5.33. The van der Waals surface area contributed by atoms with E-state index in [4.69, 9.17) is 27.9 Å². The maximum Gasteiger partial charge on any atom is 0.224 e. The Labute approximate surface area is 152 Å². The van der Waals surface area contributed by atoms with E-state index in [1.165, 1.54) is 0 Å². The molecule has 0 saturated carbocycles. The van der Waals surface area contributed by atoms with Gasteiger partial charge >= 0.3 is 0 Å². The molecule has 24 heavy (non-hydrogen) atoms. The molecular weight excluding hydrogens is 347 g/mol. The zero-order valence-electron chi connectivity index (χ0n) is 13.7. The van der Waals surface area contributed by atoms with Crippen LogP contribution in [-0.2, 0) is 11.3 Å². The monoisotopic (exact) mass is 366 g/mol. The number of carbonyl (C=O) groups is 1. The molecule has 2 aromatic carbocycles. The highest BCUT2D eigenvalue weighted by Crippen LogP contribution is 2.32. The number of hydrogen-bond donors (Lipinski definition) is 2. The summed E-state index contributed by atoms with van der Waals surface area (Å²) in [5, 5.41) is 7.19. The van der Waals surface area contributed by atoms with E-state index in [1.807, 2.05) is 37.3 Å². The van der Waals surface area contributed by atoms with E-state index in [9.17, 15) is 4.79 Å². The van der Waals surface area contributed by atoms with E-state index < -0.39 is 0 Å². The molecular formula is C18H20Cl2N2O2. The van der Waals surface area contributed by atoms with Crippen LogP contribution in [0.3, 0.4) is 0 Å². The Morgan fingerprint density at radius 3 is 2.42 bits per heavy atom. The molecule has 0 aliphatic carbocycles. The SMILES string of the molecule is CCCC(=O)Nc1ccc(NCc2cc(Cl)cc(Cl)c2OC)cc1. The first-order chi connectivity index (χ1) is 11.5. The molecule has 128 valence electrons. The third-order valence-corrected chi connectivity index (χ3v) is 3.92. The summed E-state index contributed by atoms with van der Waals surface area (Å²) in [6, 6.07) is 11.0. The molecule has 2 rings (SSSR count). The van der Waals surface area contributed by atoms with E-state index >= 15 is 0 Å². The average Bonchev–Trinajstić information content (AvgIpc) is 2.54. The van der Waals surface area contributed by atoms with Gasteiger partial charge in [-0.15, -0.1) is 0 Å². The van der Waals surface area contributed by atoms with Crippen molar-refractivity contribution in [3.63, 3.8) is 0 Å². The Bertz CT molecular complexity index is 703. The van der Waals surface area contributed by atoms with E-state index in [-0.39, 0.29) is 5.91 Å². The highest BCUT2D eigenvalue weighted by atomic mass is 35.5. The lowest BCUT2D eigenvalue weighted by molar-refractivity contribution is -0.116. The minimum atomic E-state index is 0.0246. The molecule has 2 N–H and O–H groups in total. The van der Waals surface area contributed by atoms with Crippen molar-refractivity contribution in [1.29, 1.82) is 0 Å². The van der Waals surface area contributed by atoms with Crippen LogP contribution in [0.1, 0.15) is 25.3 Å². The van der Waals surface area contributed by atoms with Gasteiger partial charge in [0.2, 0.25) is 5.91 Å². The van der Waals surface area contributed by atoms with Gasteiger partial charge in [-0.25, -0.2) is 0 Å². The summed E-state index contributed by atoms with van der Waals surface area (Å²) in [6.07, 6.45) is 1.35. The van der Waals surface area contributed by atoms with Crippen LogP contribution in [0.4, 0.5) is 11.4 Å². The van der Waals surface area contributed by atoms with E-state index in [0.717, 1.165) is 23.4 Å². The van der Waals surface area contributed by atoms with Crippen LogP contribution in [0.2, 0.25) is 10.0 Å². The molecule has 0 bridgehead atoms. The third kappa shape index (κ3) is 5.05. The summed E-state index contributed by atoms with van der Waals surface area (Å²) in [7, 11) is 1.58. The Balaban J connectivity index is 2.01. The van der Waals surface area contributed by atoms with E-state index in [1.54, 1.807) is 13.2 Å². The van der Waals surface area contributed by atoms with Crippen molar-refractivity contribution in [2.75, 3.05) is 17.7 Å². The van der Waals surface area contributed by atoms with Gasteiger partial charge in [-0.05, 0) is 42.8 Å². The van der Waals surface area contributed by atoms with Gasteiger partial charge in [0.1, 0.15) is 5.75 Å². The van der Waals surface area contributed by atoms with Gasteiger partial charge < -0.3 is 15.4 Å². The number of amides is 1. The standard InChI is InChI=1S/C18H20Cl2N2O2/c1-3-4-17(23)22-15-7-5-14(6-8-15)21-11-12-9-13(19)10-16(20)18(12)24-2/h5-10,21H,3-4,11H2,1-2H3,(H,22,23). The fraction of sp³-hybridized carbons (Fsp3) is 0.278. The highest BCUT2D eigenvalue weighted by molar-refractivity contribution is 6.35. The highest BCUT2D eigenvalue weighted by Gasteiger charge is 2.09. The Morgan fingerprint density at radius 1 is 1.12 bits per heavy atom. The first kappa shape index (κ1) is 18.4. The number of carbonyl (C=O) groups excluding carboxylic acids is 1. The number of methoxy groups -OCH3 is 1. The molecule has 0 aliphatic heterocycles. The van der Waals surface area contributed by atoms with Crippen LogP contribution in [0.15, 0.2) is 36.4 Å². The van der Waals surface area contributed by atoms with Gasteiger partial charge in [0.25, 0.3) is 0 Å². The molecule has 0 spiro atoms. The minimum absolute atomic E-state index is 0.0246. The van der Waals surface area contributed by atoms with Gasteiger partial charge in [0.15, 0.2) is 0 Å². The zero-order valence-corrected chi connectivity index (χ0v) is 15.2. The summed E-state index contributed by atoms with van der Waals surface area (Å²) in [5.74, 6) is 0.633. The first-order valence-electron chi connectivity index (χ1n) is 7.69. The number of halogens is 2. The fourth-order valence-electron chi connectivity index (χ4n) is 2.29. The number of benzene rings is 2. The molecule has 2 aromatic rings. The van der Waals surface area contributed by atoms with Gasteiger partial charge in [0, 0.05) is 34.9 Å². The summed E-state index contributed by atoms with van der Waals surface area (Å²) in [5.41, 5.74) is 2.57. The van der Waals surface area contributed by atoms with Crippen LogP contribution in [0, 0.1) is 0 Å². The lowest BCUT2D eigenvalue weighted by Gasteiger charge is -2.13. The van der Waals surface area contributed by atoms with Crippen molar-refractivity contribution < 1.29 is 9.53 Å². The van der Waals surface area contributed by atoms with Gasteiger partial charge in [-0.2, -0.15) is 0 Å². The molecule has 1 amide bonds. The molecule has 0 radical (unpaired) electrons. The Morgan fingerprint density at radius 2 is 1.79 bits per heavy atom. The fourth-order valence-corrected chi connectivity index (χ4v) is 2.91. The van der Waals surface area contributed by atoms with Crippen LogP contribution in [0.5, 0.6) is 5.75 Å². The van der Waals surface area contributed by atoms with Crippen LogP contribution < -0.4 is 15.4 Å². The van der Waals surface area contributed by atoms with Gasteiger partial charge in [0.05, 0.1) is 12.1 Å². The number of anilines is 2. The first-order valence-corrected chi connectivity index (χ1v) is 8.44. The molecule has 0 heterocycles. The zero-order chi connectivity index (χ0) is 17.5. The molecule has 4 nitrogen and oxygen atoms in total. The van der Waals surface area contributed by atoms with Crippen molar-refractivity contribution in [2.24, 2.45) is 0 Å². The molecule has 0 fully saturated rings. The number of rotatable bonds is 7. The molecule has 0 saturated heterocycles. The number of hydrogen-bond acceptors (Lipinski definition) is 3. The molecule has 0 aliphatic rings. The van der Waals surface area contributed by atoms with Crippen LogP contribution in [-0.4, -0.2) is 13.0 Å². The van der Waals surface area contributed by atoms with Crippen molar-refractivity contribution in [3.8, 4) is 5.75 Å². The third-order valence-electron chi connectivity index (χ3n) is 3.42. The Hall–Kier alpha value is -1.91.